The number of nitro benzene ring substituents is 1. The summed E-state index contributed by atoms with van der Waals surface area (Å²) in [7, 11) is 1.46. The van der Waals surface area contributed by atoms with E-state index in [1.807, 2.05) is 13.8 Å². The lowest BCUT2D eigenvalue weighted by Gasteiger charge is -2.11. The summed E-state index contributed by atoms with van der Waals surface area (Å²) in [6, 6.07) is 4.31. The Morgan fingerprint density at radius 1 is 1.38 bits per heavy atom. The van der Waals surface area contributed by atoms with Crippen molar-refractivity contribution in [2.45, 2.75) is 13.8 Å². The molecule has 0 saturated carbocycles. The van der Waals surface area contributed by atoms with Gasteiger partial charge in [-0.05, 0) is 12.0 Å². The zero-order valence-electron chi connectivity index (χ0n) is 9.60. The third-order valence-electron chi connectivity index (χ3n) is 1.93. The number of nitrogens with zero attached hydrogens (tertiary/aromatic N) is 1. The molecule has 0 bridgehead atoms. The van der Waals surface area contributed by atoms with Crippen LogP contribution in [0, 0.1) is 16.0 Å². The third kappa shape index (κ3) is 3.12. The number of ether oxygens (including phenoxy) is 2. The van der Waals surface area contributed by atoms with Crippen LogP contribution in [0.5, 0.6) is 11.5 Å². The predicted octanol–water partition coefficient (Wildman–Crippen LogP) is 2.64. The minimum absolute atomic E-state index is 0.00579. The van der Waals surface area contributed by atoms with Crippen molar-refractivity contribution in [3.05, 3.63) is 28.3 Å². The molecule has 88 valence electrons. The van der Waals surface area contributed by atoms with Crippen LogP contribution in [-0.2, 0) is 0 Å². The van der Waals surface area contributed by atoms with Gasteiger partial charge >= 0.3 is 0 Å². The molecular weight excluding hydrogens is 210 g/mol. The van der Waals surface area contributed by atoms with Crippen LogP contribution < -0.4 is 9.47 Å². The maximum Gasteiger partial charge on any atom is 0.273 e. The number of nitro groups is 1. The Kier molecular flexibility index (Phi) is 4.10. The zero-order chi connectivity index (χ0) is 12.1. The molecule has 1 aromatic carbocycles. The summed E-state index contributed by atoms with van der Waals surface area (Å²) >= 11 is 0. The molecule has 0 aliphatic carbocycles. The minimum atomic E-state index is -0.464. The highest BCUT2D eigenvalue weighted by Crippen LogP contribution is 2.31. The minimum Gasteiger partial charge on any atom is -0.493 e. The van der Waals surface area contributed by atoms with E-state index in [4.69, 9.17) is 9.47 Å². The number of hydrogen-bond acceptors (Lipinski definition) is 4. The molecule has 0 spiro atoms. The van der Waals surface area contributed by atoms with Crippen molar-refractivity contribution in [2.75, 3.05) is 13.7 Å². The van der Waals surface area contributed by atoms with Crippen LogP contribution in [0.2, 0.25) is 0 Å². The summed E-state index contributed by atoms with van der Waals surface area (Å²) in [5.74, 6) is 1.30. The van der Waals surface area contributed by atoms with Crippen molar-refractivity contribution >= 4 is 5.69 Å². The van der Waals surface area contributed by atoms with Gasteiger partial charge < -0.3 is 9.47 Å². The van der Waals surface area contributed by atoms with E-state index in [1.165, 1.54) is 19.2 Å². The van der Waals surface area contributed by atoms with Gasteiger partial charge in [0.05, 0.1) is 24.7 Å². The number of methoxy groups -OCH3 is 1. The van der Waals surface area contributed by atoms with Crippen molar-refractivity contribution in [3.63, 3.8) is 0 Å². The smallest absolute Gasteiger partial charge is 0.273 e. The van der Waals surface area contributed by atoms with Crippen molar-refractivity contribution in [1.29, 1.82) is 0 Å². The Morgan fingerprint density at radius 2 is 2.06 bits per heavy atom. The van der Waals surface area contributed by atoms with Gasteiger partial charge in [0, 0.05) is 6.07 Å². The first-order valence-electron chi connectivity index (χ1n) is 4.99. The molecule has 1 rings (SSSR count). The van der Waals surface area contributed by atoms with Crippen LogP contribution in [0.4, 0.5) is 5.69 Å². The molecule has 0 fully saturated rings. The molecule has 0 aliphatic rings. The molecule has 0 unspecified atom stereocenters. The Hall–Kier alpha value is -1.78. The first-order valence-corrected chi connectivity index (χ1v) is 4.99. The summed E-state index contributed by atoms with van der Waals surface area (Å²) < 4.78 is 10.5. The Balaban J connectivity index is 2.89. The van der Waals surface area contributed by atoms with Crippen molar-refractivity contribution < 1.29 is 14.4 Å². The largest absolute Gasteiger partial charge is 0.493 e. The maximum absolute atomic E-state index is 10.6. The molecule has 5 heteroatoms. The van der Waals surface area contributed by atoms with Gasteiger partial charge in [-0.15, -0.1) is 0 Å². The van der Waals surface area contributed by atoms with Gasteiger partial charge in [-0.3, -0.25) is 10.1 Å². The monoisotopic (exact) mass is 225 g/mol. The van der Waals surface area contributed by atoms with Gasteiger partial charge in [-0.25, -0.2) is 0 Å². The van der Waals surface area contributed by atoms with Gasteiger partial charge in [0.2, 0.25) is 0 Å². The zero-order valence-corrected chi connectivity index (χ0v) is 9.60. The fourth-order valence-electron chi connectivity index (χ4n) is 1.15. The average Bonchev–Trinajstić information content (AvgIpc) is 2.25. The fraction of sp³-hybridized carbons (Fsp3) is 0.455. The fourth-order valence-corrected chi connectivity index (χ4v) is 1.15. The van der Waals surface area contributed by atoms with Gasteiger partial charge in [0.1, 0.15) is 0 Å². The summed E-state index contributed by atoms with van der Waals surface area (Å²) in [6.07, 6.45) is 0. The van der Waals surface area contributed by atoms with E-state index >= 15 is 0 Å². The highest BCUT2D eigenvalue weighted by Gasteiger charge is 2.12. The van der Waals surface area contributed by atoms with Crippen molar-refractivity contribution in [2.24, 2.45) is 5.92 Å². The molecule has 0 heterocycles. The average molecular weight is 225 g/mol. The van der Waals surface area contributed by atoms with Gasteiger partial charge in [-0.1, -0.05) is 13.8 Å². The van der Waals surface area contributed by atoms with Crippen molar-refractivity contribution in [1.82, 2.24) is 0 Å². The second kappa shape index (κ2) is 5.34. The number of benzene rings is 1. The molecule has 0 radical (unpaired) electrons. The lowest BCUT2D eigenvalue weighted by molar-refractivity contribution is -0.384. The van der Waals surface area contributed by atoms with Gasteiger partial charge in [0.15, 0.2) is 11.5 Å². The molecular formula is C11H15NO4. The van der Waals surface area contributed by atoms with E-state index in [9.17, 15) is 10.1 Å². The quantitative estimate of drug-likeness (QED) is 0.571. The van der Waals surface area contributed by atoms with Crippen LogP contribution >= 0.6 is 0 Å². The van der Waals surface area contributed by atoms with Crippen molar-refractivity contribution in [3.8, 4) is 11.5 Å². The van der Waals surface area contributed by atoms with E-state index in [1.54, 1.807) is 6.07 Å². The first kappa shape index (κ1) is 12.3. The second-order valence-corrected chi connectivity index (χ2v) is 3.80. The van der Waals surface area contributed by atoms with Gasteiger partial charge in [-0.2, -0.15) is 0 Å². The SMILES string of the molecule is COc1cc([N+](=O)[O-])ccc1OCC(C)C. The Morgan fingerprint density at radius 3 is 2.56 bits per heavy atom. The van der Waals surface area contributed by atoms with E-state index in [-0.39, 0.29) is 5.69 Å². The standard InChI is InChI=1S/C11H15NO4/c1-8(2)7-16-10-5-4-9(12(13)14)6-11(10)15-3/h4-6,8H,7H2,1-3H3. The Labute approximate surface area is 94.1 Å². The van der Waals surface area contributed by atoms with Gasteiger partial charge in [0.25, 0.3) is 5.69 Å². The number of hydrogen-bond donors (Lipinski definition) is 0. The maximum atomic E-state index is 10.6. The lowest BCUT2D eigenvalue weighted by Crippen LogP contribution is -2.05. The normalized spacial score (nSPS) is 10.2. The molecule has 0 N–H and O–H groups in total. The summed E-state index contributed by atoms with van der Waals surface area (Å²) in [5.41, 5.74) is -0.00579. The molecule has 0 aromatic heterocycles. The Bertz CT molecular complexity index is 376. The molecule has 16 heavy (non-hydrogen) atoms. The first-order chi connectivity index (χ1) is 7.54. The van der Waals surface area contributed by atoms with Crippen LogP contribution in [0.3, 0.4) is 0 Å². The van der Waals surface area contributed by atoms with Crippen LogP contribution in [-0.4, -0.2) is 18.6 Å². The van der Waals surface area contributed by atoms with E-state index in [0.29, 0.717) is 24.0 Å². The summed E-state index contributed by atoms with van der Waals surface area (Å²) in [5, 5.41) is 10.6. The van der Waals surface area contributed by atoms with E-state index < -0.39 is 4.92 Å². The number of rotatable bonds is 5. The third-order valence-corrected chi connectivity index (χ3v) is 1.93. The van der Waals surface area contributed by atoms with Crippen LogP contribution in [0.1, 0.15) is 13.8 Å². The van der Waals surface area contributed by atoms with Crippen LogP contribution in [0.15, 0.2) is 18.2 Å². The molecule has 0 aliphatic heterocycles. The van der Waals surface area contributed by atoms with E-state index in [2.05, 4.69) is 0 Å². The lowest BCUT2D eigenvalue weighted by atomic mass is 10.2. The molecule has 0 saturated heterocycles. The highest BCUT2D eigenvalue weighted by molar-refractivity contribution is 5.48. The number of non-ortho nitro benzene ring substituents is 1. The second-order valence-electron chi connectivity index (χ2n) is 3.80. The molecule has 0 atom stereocenters. The molecule has 0 amide bonds. The van der Waals surface area contributed by atoms with Crippen LogP contribution in [0.25, 0.3) is 0 Å². The van der Waals surface area contributed by atoms with E-state index in [0.717, 1.165) is 0 Å². The molecule has 5 nitrogen and oxygen atoms in total. The predicted molar refractivity (Wildman–Crippen MR) is 60.0 cm³/mol. The summed E-state index contributed by atoms with van der Waals surface area (Å²) in [4.78, 5) is 10.1. The highest BCUT2D eigenvalue weighted by atomic mass is 16.6. The topological polar surface area (TPSA) is 61.6 Å². The molecule has 1 aromatic rings. The summed E-state index contributed by atoms with van der Waals surface area (Å²) in [6.45, 7) is 4.60.